The number of hydrogen-bond donors (Lipinski definition) is 3. The average molecular weight is 415 g/mol. The third-order valence-electron chi connectivity index (χ3n) is 3.77. The highest BCUT2D eigenvalue weighted by atomic mass is 32.2. The second kappa shape index (κ2) is 8.80. The van der Waals surface area contributed by atoms with Crippen LogP contribution < -0.4 is 15.4 Å². The SMILES string of the molecule is CC(=O)Nc1ccc(S(=O)(=O)NCCNc2cc(-n3cccn3)nc(C)n2)cc1. The van der Waals surface area contributed by atoms with E-state index in [1.807, 2.05) is 0 Å². The average Bonchev–Trinajstić information content (AvgIpc) is 3.20. The van der Waals surface area contributed by atoms with E-state index in [9.17, 15) is 13.2 Å². The summed E-state index contributed by atoms with van der Waals surface area (Å²) in [6.45, 7) is 3.65. The number of carbonyl (C=O) groups is 1. The maximum Gasteiger partial charge on any atom is 0.240 e. The smallest absolute Gasteiger partial charge is 0.240 e. The maximum atomic E-state index is 12.4. The maximum absolute atomic E-state index is 12.4. The normalized spacial score (nSPS) is 11.2. The second-order valence-electron chi connectivity index (χ2n) is 6.14. The molecule has 1 aromatic carbocycles. The van der Waals surface area contributed by atoms with E-state index >= 15 is 0 Å². The number of hydrogen-bond acceptors (Lipinski definition) is 7. The number of amides is 1. The molecule has 0 spiro atoms. The molecular weight excluding hydrogens is 394 g/mol. The molecule has 0 aliphatic heterocycles. The van der Waals surface area contributed by atoms with Crippen molar-refractivity contribution in [1.29, 1.82) is 0 Å². The van der Waals surface area contributed by atoms with Gasteiger partial charge in [0.2, 0.25) is 15.9 Å². The largest absolute Gasteiger partial charge is 0.369 e. The van der Waals surface area contributed by atoms with Gasteiger partial charge in [-0.05, 0) is 37.3 Å². The van der Waals surface area contributed by atoms with Gasteiger partial charge in [-0.3, -0.25) is 4.79 Å². The van der Waals surface area contributed by atoms with Crippen LogP contribution in [0.2, 0.25) is 0 Å². The van der Waals surface area contributed by atoms with Gasteiger partial charge in [0.1, 0.15) is 11.6 Å². The molecule has 0 aliphatic rings. The van der Waals surface area contributed by atoms with Crippen LogP contribution in [0.4, 0.5) is 11.5 Å². The highest BCUT2D eigenvalue weighted by molar-refractivity contribution is 7.89. The summed E-state index contributed by atoms with van der Waals surface area (Å²) in [4.78, 5) is 19.8. The van der Waals surface area contributed by atoms with Crippen LogP contribution in [-0.4, -0.2) is 47.2 Å². The molecule has 2 heterocycles. The lowest BCUT2D eigenvalue weighted by Gasteiger charge is -2.10. The van der Waals surface area contributed by atoms with E-state index in [2.05, 4.69) is 30.4 Å². The Bertz CT molecular complexity index is 1080. The summed E-state index contributed by atoms with van der Waals surface area (Å²) in [5.41, 5.74) is 0.533. The minimum absolute atomic E-state index is 0.116. The Balaban J connectivity index is 1.56. The Morgan fingerprint density at radius 2 is 1.90 bits per heavy atom. The lowest BCUT2D eigenvalue weighted by Crippen LogP contribution is -2.29. The fraction of sp³-hybridized carbons (Fsp3) is 0.222. The van der Waals surface area contributed by atoms with Crippen molar-refractivity contribution in [2.45, 2.75) is 18.7 Å². The van der Waals surface area contributed by atoms with Crippen LogP contribution >= 0.6 is 0 Å². The van der Waals surface area contributed by atoms with Crippen molar-refractivity contribution in [3.63, 3.8) is 0 Å². The van der Waals surface area contributed by atoms with E-state index in [-0.39, 0.29) is 17.3 Å². The van der Waals surface area contributed by atoms with E-state index < -0.39 is 10.0 Å². The molecule has 0 fully saturated rings. The summed E-state index contributed by atoms with van der Waals surface area (Å²) in [6.07, 6.45) is 3.43. The number of anilines is 2. The molecule has 29 heavy (non-hydrogen) atoms. The molecule has 10 nitrogen and oxygen atoms in total. The Morgan fingerprint density at radius 1 is 1.14 bits per heavy atom. The second-order valence-corrected chi connectivity index (χ2v) is 7.91. The van der Waals surface area contributed by atoms with Gasteiger partial charge in [0.15, 0.2) is 5.82 Å². The number of nitrogens with one attached hydrogen (secondary N) is 3. The van der Waals surface area contributed by atoms with Crippen LogP contribution in [0.25, 0.3) is 5.82 Å². The highest BCUT2D eigenvalue weighted by Gasteiger charge is 2.13. The Kier molecular flexibility index (Phi) is 6.20. The zero-order valence-corrected chi connectivity index (χ0v) is 16.8. The lowest BCUT2D eigenvalue weighted by atomic mass is 10.3. The lowest BCUT2D eigenvalue weighted by molar-refractivity contribution is -0.114. The van der Waals surface area contributed by atoms with Gasteiger partial charge < -0.3 is 10.6 Å². The first-order chi connectivity index (χ1) is 13.8. The molecule has 11 heteroatoms. The standard InChI is InChI=1S/C18H21N7O3S/c1-13-22-17(12-18(23-13)25-11-3-8-20-25)19-9-10-21-29(27,28)16-6-4-15(5-7-16)24-14(2)26/h3-8,11-12,21H,9-10H2,1-2H3,(H,24,26)(H,19,22,23). The zero-order valence-electron chi connectivity index (χ0n) is 16.0. The molecule has 0 saturated carbocycles. The van der Waals surface area contributed by atoms with Crippen LogP contribution in [0.15, 0.2) is 53.7 Å². The van der Waals surface area contributed by atoms with E-state index in [0.717, 1.165) is 0 Å². The van der Waals surface area contributed by atoms with Crippen LogP contribution in [0.1, 0.15) is 12.7 Å². The van der Waals surface area contributed by atoms with Gasteiger partial charge in [0.25, 0.3) is 0 Å². The van der Waals surface area contributed by atoms with Crippen LogP contribution in [0, 0.1) is 6.92 Å². The summed E-state index contributed by atoms with van der Waals surface area (Å²) in [7, 11) is -3.66. The minimum Gasteiger partial charge on any atom is -0.369 e. The van der Waals surface area contributed by atoms with Crippen LogP contribution in [0.5, 0.6) is 0 Å². The number of aromatic nitrogens is 4. The highest BCUT2D eigenvalue weighted by Crippen LogP contribution is 2.14. The van der Waals surface area contributed by atoms with Crippen molar-refractivity contribution >= 4 is 27.4 Å². The van der Waals surface area contributed by atoms with E-state index in [4.69, 9.17) is 0 Å². The first-order valence-electron chi connectivity index (χ1n) is 8.80. The van der Waals surface area contributed by atoms with Crippen LogP contribution in [0.3, 0.4) is 0 Å². The van der Waals surface area contributed by atoms with Crippen molar-refractivity contribution in [3.05, 3.63) is 54.6 Å². The first-order valence-corrected chi connectivity index (χ1v) is 10.3. The number of carbonyl (C=O) groups excluding carboxylic acids is 1. The van der Waals surface area contributed by atoms with E-state index in [1.165, 1.54) is 31.2 Å². The fourth-order valence-corrected chi connectivity index (χ4v) is 3.58. The predicted molar refractivity (Wildman–Crippen MR) is 108 cm³/mol. The third kappa shape index (κ3) is 5.59. The molecule has 0 atom stereocenters. The number of nitrogens with zero attached hydrogens (tertiary/aromatic N) is 4. The van der Waals surface area contributed by atoms with Gasteiger partial charge in [0, 0.05) is 44.2 Å². The molecule has 2 aromatic heterocycles. The Labute approximate surface area is 168 Å². The molecule has 0 bridgehead atoms. The number of rotatable bonds is 8. The zero-order chi connectivity index (χ0) is 20.9. The van der Waals surface area contributed by atoms with Gasteiger partial charge in [0.05, 0.1) is 4.90 Å². The Hall–Kier alpha value is -3.31. The van der Waals surface area contributed by atoms with Crippen molar-refractivity contribution in [2.24, 2.45) is 0 Å². The summed E-state index contributed by atoms with van der Waals surface area (Å²) in [5, 5.41) is 9.80. The predicted octanol–water partition coefficient (Wildman–Crippen LogP) is 1.32. The monoisotopic (exact) mass is 415 g/mol. The van der Waals surface area contributed by atoms with E-state index in [0.29, 0.717) is 29.7 Å². The van der Waals surface area contributed by atoms with Gasteiger partial charge >= 0.3 is 0 Å². The molecular formula is C18H21N7O3S. The molecule has 1 amide bonds. The summed E-state index contributed by atoms with van der Waals surface area (Å²) < 4.78 is 28.9. The molecule has 3 N–H and O–H groups in total. The minimum atomic E-state index is -3.66. The molecule has 0 saturated heterocycles. The van der Waals surface area contributed by atoms with Crippen LogP contribution in [-0.2, 0) is 14.8 Å². The van der Waals surface area contributed by atoms with Gasteiger partial charge in [-0.2, -0.15) is 5.10 Å². The summed E-state index contributed by atoms with van der Waals surface area (Å²) in [6, 6.07) is 9.47. The van der Waals surface area contributed by atoms with Crippen molar-refractivity contribution < 1.29 is 13.2 Å². The molecule has 3 aromatic rings. The summed E-state index contributed by atoms with van der Waals surface area (Å²) in [5.74, 6) is 1.53. The summed E-state index contributed by atoms with van der Waals surface area (Å²) >= 11 is 0. The molecule has 0 unspecified atom stereocenters. The third-order valence-corrected chi connectivity index (χ3v) is 5.25. The first kappa shape index (κ1) is 20.4. The van der Waals surface area contributed by atoms with Gasteiger partial charge in [-0.25, -0.2) is 27.8 Å². The van der Waals surface area contributed by atoms with Crippen molar-refractivity contribution in [3.8, 4) is 5.82 Å². The van der Waals surface area contributed by atoms with Gasteiger partial charge in [-0.15, -0.1) is 0 Å². The Morgan fingerprint density at radius 3 is 2.55 bits per heavy atom. The number of benzene rings is 1. The fourth-order valence-electron chi connectivity index (χ4n) is 2.54. The molecule has 0 radical (unpaired) electrons. The van der Waals surface area contributed by atoms with Gasteiger partial charge in [-0.1, -0.05) is 0 Å². The quantitative estimate of drug-likeness (QED) is 0.473. The number of sulfonamides is 1. The molecule has 3 rings (SSSR count). The van der Waals surface area contributed by atoms with Crippen molar-refractivity contribution in [2.75, 3.05) is 23.7 Å². The number of aryl methyl sites for hydroxylation is 1. The molecule has 0 aliphatic carbocycles. The topological polar surface area (TPSA) is 131 Å². The van der Waals surface area contributed by atoms with Crippen molar-refractivity contribution in [1.82, 2.24) is 24.5 Å². The molecule has 152 valence electrons. The van der Waals surface area contributed by atoms with E-state index in [1.54, 1.807) is 36.1 Å².